The predicted molar refractivity (Wildman–Crippen MR) is 99.9 cm³/mol. The number of hydrogen-bond acceptors (Lipinski definition) is 3. The molecule has 1 aromatic rings. The molecule has 1 atom stereocenters. The number of anilines is 2. The van der Waals surface area contributed by atoms with Crippen molar-refractivity contribution in [1.82, 2.24) is 5.32 Å². The second kappa shape index (κ2) is 8.35. The van der Waals surface area contributed by atoms with Crippen LogP contribution in [-0.2, 0) is 11.2 Å². The number of nitrogens with zero attached hydrogens (tertiary/aromatic N) is 1. The molecular formula is C17H27ClN4O2. The van der Waals surface area contributed by atoms with E-state index in [1.807, 2.05) is 32.0 Å². The smallest absolute Gasteiger partial charge is 0.321 e. The van der Waals surface area contributed by atoms with Gasteiger partial charge in [0.2, 0.25) is 5.91 Å². The van der Waals surface area contributed by atoms with E-state index in [1.54, 1.807) is 11.8 Å². The highest BCUT2D eigenvalue weighted by Crippen LogP contribution is 2.31. The average Bonchev–Trinajstić information content (AvgIpc) is 2.90. The van der Waals surface area contributed by atoms with E-state index < -0.39 is 5.54 Å². The Morgan fingerprint density at radius 2 is 2.04 bits per heavy atom. The third kappa shape index (κ3) is 4.39. The molecule has 1 aliphatic heterocycles. The fraction of sp³-hybridized carbons (Fsp3) is 0.529. The minimum atomic E-state index is -0.896. The third-order valence-electron chi connectivity index (χ3n) is 4.10. The molecule has 0 saturated heterocycles. The summed E-state index contributed by atoms with van der Waals surface area (Å²) in [6, 6.07) is 5.55. The maximum Gasteiger partial charge on any atom is 0.321 e. The Labute approximate surface area is 149 Å². The Bertz CT molecular complexity index is 604. The molecule has 2 rings (SSSR count). The van der Waals surface area contributed by atoms with Gasteiger partial charge in [-0.1, -0.05) is 19.4 Å². The summed E-state index contributed by atoms with van der Waals surface area (Å²) in [5.41, 5.74) is 7.79. The summed E-state index contributed by atoms with van der Waals surface area (Å²) in [5, 5.41) is 5.68. The van der Waals surface area contributed by atoms with Crippen LogP contribution in [-0.4, -0.2) is 30.6 Å². The number of carbonyl (C=O) groups is 2. The number of fused-ring (bicyclic) bond motifs is 1. The van der Waals surface area contributed by atoms with Crippen molar-refractivity contribution < 1.29 is 9.59 Å². The molecule has 6 nitrogen and oxygen atoms in total. The van der Waals surface area contributed by atoms with Crippen molar-refractivity contribution in [3.05, 3.63) is 23.8 Å². The van der Waals surface area contributed by atoms with Crippen LogP contribution in [0.2, 0.25) is 0 Å². The normalized spacial score (nSPS) is 15.1. The van der Waals surface area contributed by atoms with Gasteiger partial charge in [-0.25, -0.2) is 4.79 Å². The highest BCUT2D eigenvalue weighted by Gasteiger charge is 2.28. The number of urea groups is 1. The first-order valence-electron chi connectivity index (χ1n) is 8.17. The zero-order valence-electron chi connectivity index (χ0n) is 14.5. The number of benzene rings is 1. The summed E-state index contributed by atoms with van der Waals surface area (Å²) in [5.74, 6) is -0.207. The van der Waals surface area contributed by atoms with Crippen LogP contribution in [0, 0.1) is 0 Å². The van der Waals surface area contributed by atoms with Crippen molar-refractivity contribution in [2.24, 2.45) is 5.73 Å². The molecule has 0 aliphatic carbocycles. The molecule has 0 radical (unpaired) electrons. The molecule has 0 spiro atoms. The number of halogens is 1. The Balaban J connectivity index is 0.00000288. The first kappa shape index (κ1) is 20.3. The summed E-state index contributed by atoms with van der Waals surface area (Å²) < 4.78 is 0. The highest BCUT2D eigenvalue weighted by molar-refractivity contribution is 5.99. The standard InChI is InChI=1S/C17H26N4O2.ClH/c1-4-9-17(3,18)15(22)20-13-7-6-12-8-10-21(14(12)11-13)16(23)19-5-2;/h6-7,11H,4-5,8-10,18H2,1-3H3,(H,19,23)(H,20,22);1H. The molecule has 24 heavy (non-hydrogen) atoms. The van der Waals surface area contributed by atoms with Gasteiger partial charge in [-0.15, -0.1) is 12.4 Å². The van der Waals surface area contributed by atoms with Gasteiger partial charge in [0.25, 0.3) is 0 Å². The van der Waals surface area contributed by atoms with Crippen molar-refractivity contribution in [3.8, 4) is 0 Å². The van der Waals surface area contributed by atoms with E-state index in [0.717, 1.165) is 24.1 Å². The SMILES string of the molecule is CCCC(C)(N)C(=O)Nc1ccc2c(c1)N(C(=O)NCC)CC2.Cl. The minimum absolute atomic E-state index is 0. The number of nitrogens with one attached hydrogen (secondary N) is 2. The first-order valence-corrected chi connectivity index (χ1v) is 8.17. The van der Waals surface area contributed by atoms with Crippen molar-refractivity contribution in [3.63, 3.8) is 0 Å². The molecule has 0 aromatic heterocycles. The number of amides is 3. The Morgan fingerprint density at radius 1 is 1.33 bits per heavy atom. The lowest BCUT2D eigenvalue weighted by Crippen LogP contribution is -2.48. The van der Waals surface area contributed by atoms with E-state index >= 15 is 0 Å². The Kier molecular flexibility index (Phi) is 7.05. The molecule has 0 bridgehead atoms. The maximum atomic E-state index is 12.3. The molecule has 1 unspecified atom stereocenters. The Morgan fingerprint density at radius 3 is 2.67 bits per heavy atom. The van der Waals surface area contributed by atoms with Crippen LogP contribution >= 0.6 is 12.4 Å². The van der Waals surface area contributed by atoms with E-state index in [9.17, 15) is 9.59 Å². The van der Waals surface area contributed by atoms with E-state index in [0.29, 0.717) is 25.2 Å². The molecule has 0 saturated carbocycles. The van der Waals surface area contributed by atoms with Gasteiger partial charge in [0.05, 0.1) is 11.2 Å². The molecule has 3 amide bonds. The van der Waals surface area contributed by atoms with E-state index in [4.69, 9.17) is 5.73 Å². The summed E-state index contributed by atoms with van der Waals surface area (Å²) in [6.45, 7) is 6.87. The lowest BCUT2D eigenvalue weighted by Gasteiger charge is -2.23. The molecule has 1 aliphatic rings. The highest BCUT2D eigenvalue weighted by atomic mass is 35.5. The second-order valence-corrected chi connectivity index (χ2v) is 6.20. The molecular weight excluding hydrogens is 328 g/mol. The summed E-state index contributed by atoms with van der Waals surface area (Å²) in [4.78, 5) is 26.1. The average molecular weight is 355 g/mol. The largest absolute Gasteiger partial charge is 0.338 e. The van der Waals surface area contributed by atoms with Crippen LogP contribution in [0.4, 0.5) is 16.2 Å². The van der Waals surface area contributed by atoms with Gasteiger partial charge in [0.15, 0.2) is 0 Å². The van der Waals surface area contributed by atoms with Crippen LogP contribution in [0.3, 0.4) is 0 Å². The lowest BCUT2D eigenvalue weighted by atomic mass is 9.96. The van der Waals surface area contributed by atoms with Gasteiger partial charge >= 0.3 is 6.03 Å². The summed E-state index contributed by atoms with van der Waals surface area (Å²) >= 11 is 0. The van der Waals surface area contributed by atoms with E-state index in [-0.39, 0.29) is 24.3 Å². The maximum absolute atomic E-state index is 12.3. The molecule has 1 aromatic carbocycles. The van der Waals surface area contributed by atoms with E-state index in [2.05, 4.69) is 10.6 Å². The van der Waals surface area contributed by atoms with Gasteiger partial charge < -0.3 is 16.4 Å². The zero-order chi connectivity index (χ0) is 17.0. The van der Waals surface area contributed by atoms with Crippen molar-refractivity contribution in [2.45, 2.75) is 45.6 Å². The van der Waals surface area contributed by atoms with Gasteiger partial charge in [0, 0.05) is 18.8 Å². The predicted octanol–water partition coefficient (Wildman–Crippen LogP) is 2.66. The minimum Gasteiger partial charge on any atom is -0.338 e. The summed E-state index contributed by atoms with van der Waals surface area (Å²) in [6.07, 6.45) is 2.29. The first-order chi connectivity index (χ1) is 10.9. The molecule has 7 heteroatoms. The zero-order valence-corrected chi connectivity index (χ0v) is 15.3. The van der Waals surface area contributed by atoms with Crippen molar-refractivity contribution >= 4 is 35.7 Å². The molecule has 4 N–H and O–H groups in total. The fourth-order valence-corrected chi connectivity index (χ4v) is 2.82. The lowest BCUT2D eigenvalue weighted by molar-refractivity contribution is -0.120. The number of nitrogens with two attached hydrogens (primary N) is 1. The second-order valence-electron chi connectivity index (χ2n) is 6.20. The van der Waals surface area contributed by atoms with Crippen molar-refractivity contribution in [2.75, 3.05) is 23.3 Å². The number of rotatable bonds is 5. The van der Waals surface area contributed by atoms with Crippen LogP contribution in [0.1, 0.15) is 39.2 Å². The van der Waals surface area contributed by atoms with Crippen molar-refractivity contribution in [1.29, 1.82) is 0 Å². The van der Waals surface area contributed by atoms with Gasteiger partial charge in [-0.3, -0.25) is 9.69 Å². The van der Waals surface area contributed by atoms with Gasteiger partial charge in [-0.2, -0.15) is 0 Å². The van der Waals surface area contributed by atoms with Crippen LogP contribution in [0.5, 0.6) is 0 Å². The van der Waals surface area contributed by atoms with Gasteiger partial charge in [-0.05, 0) is 44.4 Å². The molecule has 134 valence electrons. The molecule has 0 fully saturated rings. The quantitative estimate of drug-likeness (QED) is 0.759. The van der Waals surface area contributed by atoms with Crippen LogP contribution in [0.25, 0.3) is 0 Å². The fourth-order valence-electron chi connectivity index (χ4n) is 2.82. The van der Waals surface area contributed by atoms with E-state index in [1.165, 1.54) is 0 Å². The summed E-state index contributed by atoms with van der Waals surface area (Å²) in [7, 11) is 0. The van der Waals surface area contributed by atoms with Gasteiger partial charge in [0.1, 0.15) is 0 Å². The topological polar surface area (TPSA) is 87.5 Å². The monoisotopic (exact) mass is 354 g/mol. The number of carbonyl (C=O) groups excluding carboxylic acids is 2. The number of hydrogen-bond donors (Lipinski definition) is 3. The van der Waals surface area contributed by atoms with Crippen LogP contribution < -0.4 is 21.3 Å². The third-order valence-corrected chi connectivity index (χ3v) is 4.10. The molecule has 1 heterocycles. The van der Waals surface area contributed by atoms with Crippen LogP contribution in [0.15, 0.2) is 18.2 Å². The Hall–Kier alpha value is -1.79.